The van der Waals surface area contributed by atoms with Gasteiger partial charge in [-0.3, -0.25) is 0 Å². The molecule has 152 valence electrons. The van der Waals surface area contributed by atoms with Crippen LogP contribution in [0.15, 0.2) is 24.3 Å². The Labute approximate surface area is 161 Å². The molecular formula is C19H23FN2O6. The van der Waals surface area contributed by atoms with Crippen LogP contribution in [0.2, 0.25) is 0 Å². The summed E-state index contributed by atoms with van der Waals surface area (Å²) < 4.78 is 29.6. The van der Waals surface area contributed by atoms with Crippen molar-refractivity contribution in [2.45, 2.75) is 38.5 Å². The van der Waals surface area contributed by atoms with Crippen LogP contribution in [0.25, 0.3) is 10.9 Å². The molecule has 28 heavy (non-hydrogen) atoms. The highest BCUT2D eigenvalue weighted by molar-refractivity contribution is 5.85. The lowest BCUT2D eigenvalue weighted by Gasteiger charge is -2.26. The van der Waals surface area contributed by atoms with Crippen LogP contribution in [0.3, 0.4) is 0 Å². The van der Waals surface area contributed by atoms with Crippen molar-refractivity contribution >= 4 is 23.0 Å². The van der Waals surface area contributed by atoms with E-state index in [1.54, 1.807) is 32.9 Å². The van der Waals surface area contributed by atoms with Gasteiger partial charge < -0.3 is 24.6 Å². The van der Waals surface area contributed by atoms with Crippen molar-refractivity contribution in [3.63, 3.8) is 0 Å². The van der Waals surface area contributed by atoms with E-state index in [9.17, 15) is 19.1 Å². The molecule has 2 rings (SSSR count). The first-order valence-electron chi connectivity index (χ1n) is 8.46. The van der Waals surface area contributed by atoms with Gasteiger partial charge in [-0.2, -0.15) is 0 Å². The standard InChI is InChI=1S/C19H23FN2O6/c1-19(2,3)28-18(25)22-15(16(23)17(24)27-5)13-11(20)8-6-10-7-9-12(26-4)21-14(10)13/h6-9,15-16,23H,1-5H3,(H,22,25)/t15-,16+/m1/s1. The second kappa shape index (κ2) is 8.39. The summed E-state index contributed by atoms with van der Waals surface area (Å²) in [5, 5.41) is 13.3. The van der Waals surface area contributed by atoms with Gasteiger partial charge in [-0.1, -0.05) is 0 Å². The van der Waals surface area contributed by atoms with Crippen LogP contribution in [0, 0.1) is 5.82 Å². The summed E-state index contributed by atoms with van der Waals surface area (Å²) in [6.07, 6.45) is -2.84. The largest absolute Gasteiger partial charge is 0.481 e. The van der Waals surface area contributed by atoms with Crippen LogP contribution in [-0.2, 0) is 14.3 Å². The first-order chi connectivity index (χ1) is 13.1. The van der Waals surface area contributed by atoms with E-state index in [1.807, 2.05) is 0 Å². The highest BCUT2D eigenvalue weighted by atomic mass is 19.1. The number of nitrogens with zero attached hydrogens (tertiary/aromatic N) is 1. The van der Waals surface area contributed by atoms with Gasteiger partial charge in [0, 0.05) is 17.0 Å². The summed E-state index contributed by atoms with van der Waals surface area (Å²) >= 11 is 0. The average molecular weight is 394 g/mol. The zero-order valence-corrected chi connectivity index (χ0v) is 16.3. The Bertz CT molecular complexity index is 881. The van der Waals surface area contributed by atoms with Crippen LogP contribution in [0.1, 0.15) is 32.4 Å². The van der Waals surface area contributed by atoms with E-state index >= 15 is 0 Å². The summed E-state index contributed by atoms with van der Waals surface area (Å²) in [4.78, 5) is 28.4. The van der Waals surface area contributed by atoms with Crippen LogP contribution in [0.5, 0.6) is 5.88 Å². The summed E-state index contributed by atoms with van der Waals surface area (Å²) in [7, 11) is 2.46. The number of carbonyl (C=O) groups is 2. The maximum absolute atomic E-state index is 14.8. The molecule has 0 saturated heterocycles. The number of alkyl carbamates (subject to hydrolysis) is 1. The summed E-state index contributed by atoms with van der Waals surface area (Å²) in [5.41, 5.74) is -0.924. The molecule has 0 unspecified atom stereocenters. The Kier molecular flexibility index (Phi) is 6.40. The third-order valence-corrected chi connectivity index (χ3v) is 3.77. The smallest absolute Gasteiger partial charge is 0.408 e. The van der Waals surface area contributed by atoms with Gasteiger partial charge in [0.15, 0.2) is 6.10 Å². The molecular weight excluding hydrogens is 371 g/mol. The second-order valence-electron chi connectivity index (χ2n) is 6.98. The zero-order valence-electron chi connectivity index (χ0n) is 16.3. The number of nitrogens with one attached hydrogen (secondary N) is 1. The first kappa shape index (κ1) is 21.4. The molecule has 2 N–H and O–H groups in total. The van der Waals surface area contributed by atoms with E-state index in [0.29, 0.717) is 5.39 Å². The fourth-order valence-electron chi connectivity index (χ4n) is 2.58. The van der Waals surface area contributed by atoms with Crippen LogP contribution >= 0.6 is 0 Å². The summed E-state index contributed by atoms with van der Waals surface area (Å²) in [6, 6.07) is 4.34. The van der Waals surface area contributed by atoms with Gasteiger partial charge in [-0.15, -0.1) is 0 Å². The highest BCUT2D eigenvalue weighted by Gasteiger charge is 2.35. The van der Waals surface area contributed by atoms with Crippen molar-refractivity contribution in [3.8, 4) is 5.88 Å². The number of carbonyl (C=O) groups excluding carboxylic acids is 2. The van der Waals surface area contributed by atoms with Gasteiger partial charge >= 0.3 is 12.1 Å². The maximum atomic E-state index is 14.8. The molecule has 1 amide bonds. The van der Waals surface area contributed by atoms with E-state index in [0.717, 1.165) is 13.2 Å². The molecule has 0 saturated carbocycles. The number of benzene rings is 1. The number of pyridine rings is 1. The van der Waals surface area contributed by atoms with Gasteiger partial charge in [0.2, 0.25) is 5.88 Å². The number of rotatable bonds is 5. The lowest BCUT2D eigenvalue weighted by molar-refractivity contribution is -0.152. The number of esters is 1. The molecule has 0 aliphatic heterocycles. The predicted octanol–water partition coefficient (Wildman–Crippen LogP) is 2.48. The molecule has 1 heterocycles. The first-order valence-corrected chi connectivity index (χ1v) is 8.46. The molecule has 0 radical (unpaired) electrons. The number of hydrogen-bond donors (Lipinski definition) is 2. The molecule has 8 nitrogen and oxygen atoms in total. The molecule has 2 atom stereocenters. The number of aromatic nitrogens is 1. The quantitative estimate of drug-likeness (QED) is 0.750. The maximum Gasteiger partial charge on any atom is 0.408 e. The highest BCUT2D eigenvalue weighted by Crippen LogP contribution is 2.30. The Morgan fingerprint density at radius 1 is 1.18 bits per heavy atom. The molecule has 0 aliphatic carbocycles. The van der Waals surface area contributed by atoms with E-state index in [2.05, 4.69) is 15.0 Å². The minimum atomic E-state index is -1.90. The SMILES string of the molecule is COC(=O)[C@@H](O)[C@H](NC(=O)OC(C)(C)C)c1c(F)ccc2ccc(OC)nc12. The summed E-state index contributed by atoms with van der Waals surface area (Å²) in [5.74, 6) is -1.64. The van der Waals surface area contributed by atoms with E-state index in [4.69, 9.17) is 9.47 Å². The number of fused-ring (bicyclic) bond motifs is 1. The number of ether oxygens (including phenoxy) is 3. The van der Waals surface area contributed by atoms with Crippen LogP contribution in [0.4, 0.5) is 9.18 Å². The van der Waals surface area contributed by atoms with Crippen molar-refractivity contribution in [3.05, 3.63) is 35.6 Å². The lowest BCUT2D eigenvalue weighted by atomic mass is 9.97. The van der Waals surface area contributed by atoms with E-state index in [1.165, 1.54) is 13.2 Å². The average Bonchev–Trinajstić information content (AvgIpc) is 2.63. The normalized spacial score (nSPS) is 13.5. The summed E-state index contributed by atoms with van der Waals surface area (Å²) in [6.45, 7) is 4.93. The molecule has 0 fully saturated rings. The van der Waals surface area contributed by atoms with Crippen LogP contribution < -0.4 is 10.1 Å². The topological polar surface area (TPSA) is 107 Å². The van der Waals surface area contributed by atoms with E-state index in [-0.39, 0.29) is 17.0 Å². The lowest BCUT2D eigenvalue weighted by Crippen LogP contribution is -2.43. The second-order valence-corrected chi connectivity index (χ2v) is 6.98. The van der Waals surface area contributed by atoms with Gasteiger partial charge in [0.25, 0.3) is 0 Å². The molecule has 0 bridgehead atoms. The minimum absolute atomic E-state index is 0.114. The van der Waals surface area contributed by atoms with Gasteiger partial charge in [0.1, 0.15) is 11.4 Å². The molecule has 0 spiro atoms. The van der Waals surface area contributed by atoms with Crippen molar-refractivity contribution in [1.29, 1.82) is 0 Å². The number of aliphatic hydroxyl groups excluding tert-OH is 1. The van der Waals surface area contributed by atoms with Crippen molar-refractivity contribution < 1.29 is 33.3 Å². The Hall–Kier alpha value is -2.94. The van der Waals surface area contributed by atoms with Crippen molar-refractivity contribution in [1.82, 2.24) is 10.3 Å². The Morgan fingerprint density at radius 2 is 1.82 bits per heavy atom. The Morgan fingerprint density at radius 3 is 2.39 bits per heavy atom. The number of aliphatic hydroxyl groups is 1. The van der Waals surface area contributed by atoms with Gasteiger partial charge in [0.05, 0.1) is 25.8 Å². The van der Waals surface area contributed by atoms with Gasteiger partial charge in [-0.25, -0.2) is 19.0 Å². The zero-order chi connectivity index (χ0) is 21.1. The molecule has 1 aromatic heterocycles. The van der Waals surface area contributed by atoms with Gasteiger partial charge in [-0.05, 0) is 39.0 Å². The van der Waals surface area contributed by atoms with E-state index < -0.39 is 35.6 Å². The number of hydrogen-bond acceptors (Lipinski definition) is 7. The third-order valence-electron chi connectivity index (χ3n) is 3.77. The molecule has 1 aromatic carbocycles. The fraction of sp³-hybridized carbons (Fsp3) is 0.421. The number of halogens is 1. The molecule has 2 aromatic rings. The van der Waals surface area contributed by atoms with Crippen molar-refractivity contribution in [2.24, 2.45) is 0 Å². The Balaban J connectivity index is 2.60. The fourth-order valence-corrected chi connectivity index (χ4v) is 2.58. The minimum Gasteiger partial charge on any atom is -0.481 e. The van der Waals surface area contributed by atoms with Crippen LogP contribution in [-0.4, -0.2) is 48.1 Å². The number of amides is 1. The predicted molar refractivity (Wildman–Crippen MR) is 98.4 cm³/mol. The monoisotopic (exact) mass is 394 g/mol. The third kappa shape index (κ3) is 4.86. The molecule has 9 heteroatoms. The number of methoxy groups -OCH3 is 2. The molecule has 0 aliphatic rings. The van der Waals surface area contributed by atoms with Crippen molar-refractivity contribution in [2.75, 3.05) is 14.2 Å².